The highest BCUT2D eigenvalue weighted by Gasteiger charge is 2.54. The van der Waals surface area contributed by atoms with Crippen molar-refractivity contribution in [2.75, 3.05) is 13.2 Å². The summed E-state index contributed by atoms with van der Waals surface area (Å²) in [7, 11) is 0. The number of carbonyl (C=O) groups is 1. The third kappa shape index (κ3) is 7.53. The van der Waals surface area contributed by atoms with Crippen LogP contribution in [0.1, 0.15) is 54.9 Å². The fraction of sp³-hybridized carbons (Fsp3) is 0.375. The number of aliphatic hydroxyl groups is 2. The molecule has 1 amide bonds. The average molecular weight is 691 g/mol. The minimum absolute atomic E-state index is 0.0228. The van der Waals surface area contributed by atoms with Gasteiger partial charge in [0.2, 0.25) is 5.90 Å². The molecule has 3 aromatic carbocycles. The van der Waals surface area contributed by atoms with Gasteiger partial charge in [-0.2, -0.15) is 0 Å². The fourth-order valence-corrected chi connectivity index (χ4v) is 6.33. The predicted molar refractivity (Wildman–Crippen MR) is 171 cm³/mol. The van der Waals surface area contributed by atoms with Crippen molar-refractivity contribution in [1.82, 2.24) is 10.9 Å². The van der Waals surface area contributed by atoms with Crippen molar-refractivity contribution in [2.24, 2.45) is 4.99 Å². The number of carbonyl (C=O) groups excluding carboxylic acids is 1. The Bertz CT molecular complexity index is 1450. The van der Waals surface area contributed by atoms with Gasteiger partial charge in [-0.3, -0.25) is 10.2 Å². The molecular weight excluding hydrogens is 657 g/mol. The molecule has 0 spiro atoms. The first-order chi connectivity index (χ1) is 20.8. The second-order valence-electron chi connectivity index (χ2n) is 10.8. The summed E-state index contributed by atoms with van der Waals surface area (Å²) in [5.41, 5.74) is 6.81. The van der Waals surface area contributed by atoms with Crippen molar-refractivity contribution in [3.05, 3.63) is 97.9 Å². The van der Waals surface area contributed by atoms with Crippen LogP contribution in [0.4, 0.5) is 0 Å². The first-order valence-electron chi connectivity index (χ1n) is 14.3. The Kier molecular flexibility index (Phi) is 10.6. The van der Waals surface area contributed by atoms with Crippen LogP contribution in [0.15, 0.2) is 76.2 Å². The SMILES string of the molecule is O=C(NNC1CCC(O)CC1)[C@@]1(Cc2ccccc2Br)N=C(c2ccc(OCCCO)cc2)O[C@H]1c1ccc(Cl)cc1Cl. The van der Waals surface area contributed by atoms with Gasteiger partial charge >= 0.3 is 0 Å². The number of nitrogens with zero attached hydrogens (tertiary/aromatic N) is 1. The highest BCUT2D eigenvalue weighted by Crippen LogP contribution is 2.45. The Labute approximate surface area is 269 Å². The number of aliphatic imine (C=N–C) groups is 1. The molecular formula is C32H34BrCl2N3O5. The van der Waals surface area contributed by atoms with Gasteiger partial charge in [0.05, 0.1) is 12.7 Å². The minimum atomic E-state index is -1.45. The predicted octanol–water partition coefficient (Wildman–Crippen LogP) is 5.94. The number of halogens is 3. The number of rotatable bonds is 11. The van der Waals surface area contributed by atoms with Crippen molar-refractivity contribution in [3.63, 3.8) is 0 Å². The van der Waals surface area contributed by atoms with E-state index in [1.165, 1.54) is 0 Å². The third-order valence-corrected chi connectivity index (χ3v) is 9.12. The Morgan fingerprint density at radius 3 is 2.51 bits per heavy atom. The Hall–Kier alpha value is -2.66. The second-order valence-corrected chi connectivity index (χ2v) is 12.5. The molecule has 2 atom stereocenters. The van der Waals surface area contributed by atoms with E-state index in [9.17, 15) is 9.90 Å². The minimum Gasteiger partial charge on any atom is -0.494 e. The number of nitrogens with one attached hydrogen (secondary N) is 2. The molecule has 2 aliphatic rings. The topological polar surface area (TPSA) is 112 Å². The maximum Gasteiger partial charge on any atom is 0.266 e. The average Bonchev–Trinajstić information content (AvgIpc) is 3.38. The highest BCUT2D eigenvalue weighted by molar-refractivity contribution is 9.10. The number of ether oxygens (including phenoxy) is 2. The van der Waals surface area contributed by atoms with Crippen molar-refractivity contribution >= 4 is 50.9 Å². The fourth-order valence-electron chi connectivity index (χ4n) is 5.40. The lowest BCUT2D eigenvalue weighted by Gasteiger charge is -2.33. The van der Waals surface area contributed by atoms with Gasteiger partial charge in [-0.05, 0) is 73.7 Å². The van der Waals surface area contributed by atoms with Crippen LogP contribution in [0.25, 0.3) is 0 Å². The van der Waals surface area contributed by atoms with E-state index in [2.05, 4.69) is 26.8 Å². The van der Waals surface area contributed by atoms with Crippen LogP contribution in [0.5, 0.6) is 5.75 Å². The van der Waals surface area contributed by atoms with E-state index in [0.717, 1.165) is 22.9 Å². The van der Waals surface area contributed by atoms with Crippen LogP contribution < -0.4 is 15.6 Å². The van der Waals surface area contributed by atoms with Crippen LogP contribution in [-0.2, 0) is 16.0 Å². The molecule has 5 rings (SSSR count). The molecule has 0 radical (unpaired) electrons. The van der Waals surface area contributed by atoms with E-state index in [1.54, 1.807) is 30.3 Å². The molecule has 0 unspecified atom stereocenters. The summed E-state index contributed by atoms with van der Waals surface area (Å²) in [5.74, 6) is 0.567. The van der Waals surface area contributed by atoms with E-state index in [1.807, 2.05) is 36.4 Å². The molecule has 1 aliphatic heterocycles. The maximum atomic E-state index is 14.4. The van der Waals surface area contributed by atoms with Gasteiger partial charge in [0.1, 0.15) is 5.75 Å². The normalized spacial score (nSPS) is 23.4. The number of amides is 1. The zero-order chi connectivity index (χ0) is 30.4. The van der Waals surface area contributed by atoms with E-state index < -0.39 is 11.6 Å². The number of aliphatic hydroxyl groups excluding tert-OH is 2. The van der Waals surface area contributed by atoms with Crippen LogP contribution in [0.2, 0.25) is 10.0 Å². The Morgan fingerprint density at radius 2 is 1.81 bits per heavy atom. The number of hydrogen-bond acceptors (Lipinski definition) is 7. The standard InChI is InChI=1S/C32H34BrCl2N3O5/c33-27-5-2-1-4-21(27)19-32(31(41)38-37-23-9-11-24(40)12-10-23)29(26-15-8-22(34)18-28(26)35)43-30(36-32)20-6-13-25(14-7-20)42-17-3-16-39/h1-2,4-8,13-15,18,23-24,29,37,39-40H,3,9-12,16-17,19H2,(H,38,41)/t23?,24?,29-,32-/m0/s1. The molecule has 0 aromatic heterocycles. The van der Waals surface area contributed by atoms with Crippen molar-refractivity contribution in [2.45, 2.75) is 62.3 Å². The lowest BCUT2D eigenvalue weighted by Crippen LogP contribution is -2.56. The number of hydrazine groups is 1. The largest absolute Gasteiger partial charge is 0.494 e. The van der Waals surface area contributed by atoms with E-state index >= 15 is 0 Å². The van der Waals surface area contributed by atoms with E-state index in [-0.39, 0.29) is 31.1 Å². The molecule has 1 heterocycles. The zero-order valence-corrected chi connectivity index (χ0v) is 26.5. The number of hydrogen-bond donors (Lipinski definition) is 4. The third-order valence-electron chi connectivity index (χ3n) is 7.78. The zero-order valence-electron chi connectivity index (χ0n) is 23.4. The first kappa shape index (κ1) is 31.8. The van der Waals surface area contributed by atoms with Gasteiger partial charge < -0.3 is 19.7 Å². The van der Waals surface area contributed by atoms with Crippen molar-refractivity contribution < 1.29 is 24.5 Å². The molecule has 8 nitrogen and oxygen atoms in total. The molecule has 43 heavy (non-hydrogen) atoms. The summed E-state index contributed by atoms with van der Waals surface area (Å²) in [4.78, 5) is 19.4. The van der Waals surface area contributed by atoms with Gasteiger partial charge in [-0.1, -0.05) is 63.4 Å². The van der Waals surface area contributed by atoms with E-state index in [0.29, 0.717) is 58.7 Å². The van der Waals surface area contributed by atoms with Crippen molar-refractivity contribution in [3.8, 4) is 5.75 Å². The van der Waals surface area contributed by atoms with Crippen LogP contribution in [0, 0.1) is 0 Å². The van der Waals surface area contributed by atoms with Crippen molar-refractivity contribution in [1.29, 1.82) is 0 Å². The lowest BCUT2D eigenvalue weighted by atomic mass is 9.82. The van der Waals surface area contributed by atoms with E-state index in [4.69, 9.17) is 42.8 Å². The maximum absolute atomic E-state index is 14.4. The van der Waals surface area contributed by atoms with Gasteiger partial charge in [-0.25, -0.2) is 10.4 Å². The quantitative estimate of drug-likeness (QED) is 0.146. The molecule has 11 heteroatoms. The van der Waals surface area contributed by atoms with Crippen LogP contribution in [0.3, 0.4) is 0 Å². The first-order valence-corrected chi connectivity index (χ1v) is 15.9. The molecule has 1 fully saturated rings. The lowest BCUT2D eigenvalue weighted by molar-refractivity contribution is -0.130. The molecule has 1 aliphatic carbocycles. The molecule has 0 bridgehead atoms. The van der Waals surface area contributed by atoms with Gasteiger partial charge in [-0.15, -0.1) is 0 Å². The summed E-state index contributed by atoms with van der Waals surface area (Å²) >= 11 is 16.6. The van der Waals surface area contributed by atoms with Crippen LogP contribution in [-0.4, -0.2) is 52.9 Å². The summed E-state index contributed by atoms with van der Waals surface area (Å²) in [5, 5.41) is 19.8. The molecule has 228 valence electrons. The smallest absolute Gasteiger partial charge is 0.266 e. The summed E-state index contributed by atoms with van der Waals surface area (Å²) in [6.45, 7) is 0.448. The summed E-state index contributed by atoms with van der Waals surface area (Å²) < 4.78 is 13.1. The van der Waals surface area contributed by atoms with Crippen LogP contribution >= 0.6 is 39.1 Å². The van der Waals surface area contributed by atoms with Gasteiger partial charge in [0, 0.05) is 51.1 Å². The molecule has 4 N–H and O–H groups in total. The molecule has 1 saturated carbocycles. The van der Waals surface area contributed by atoms with Gasteiger partial charge in [0.25, 0.3) is 5.91 Å². The monoisotopic (exact) mass is 689 g/mol. The number of benzene rings is 3. The second kappa shape index (κ2) is 14.4. The van der Waals surface area contributed by atoms with Gasteiger partial charge in [0.15, 0.2) is 11.6 Å². The summed E-state index contributed by atoms with van der Waals surface area (Å²) in [6.07, 6.45) is 2.37. The molecule has 0 saturated heterocycles. The highest BCUT2D eigenvalue weighted by atomic mass is 79.9. The summed E-state index contributed by atoms with van der Waals surface area (Å²) in [6, 6.07) is 20.1. The Morgan fingerprint density at radius 1 is 1.07 bits per heavy atom. The Balaban J connectivity index is 1.54. The molecule has 3 aromatic rings.